The van der Waals surface area contributed by atoms with Gasteiger partial charge in [0.2, 0.25) is 5.91 Å². The summed E-state index contributed by atoms with van der Waals surface area (Å²) in [5, 5.41) is 0. The van der Waals surface area contributed by atoms with Crippen LogP contribution in [0, 0.1) is 11.7 Å². The fourth-order valence-electron chi connectivity index (χ4n) is 3.09. The Hall–Kier alpha value is -1.49. The Kier molecular flexibility index (Phi) is 6.51. The van der Waals surface area contributed by atoms with Gasteiger partial charge in [-0.15, -0.1) is 0 Å². The highest BCUT2D eigenvalue weighted by Gasteiger charge is 2.31. The van der Waals surface area contributed by atoms with Crippen LogP contribution in [0.5, 0.6) is 0 Å². The van der Waals surface area contributed by atoms with E-state index in [0.717, 1.165) is 12.1 Å². The maximum absolute atomic E-state index is 13.1. The molecule has 0 saturated carbocycles. The molecule has 1 atom stereocenters. The summed E-state index contributed by atoms with van der Waals surface area (Å²) in [6.45, 7) is 6.53. The second kappa shape index (κ2) is 8.39. The van der Waals surface area contributed by atoms with Crippen molar-refractivity contribution in [2.75, 3.05) is 26.3 Å². The molecule has 5 heteroatoms. The molecule has 1 unspecified atom stereocenters. The number of carbonyl (C=O) groups excluding carboxylic acids is 1. The number of nitrogens with zero attached hydrogens (tertiary/aromatic N) is 2. The Bertz CT molecular complexity index is 504. The number of alkyl halides is 1. The van der Waals surface area contributed by atoms with Crippen LogP contribution in [0.4, 0.5) is 8.78 Å². The lowest BCUT2D eigenvalue weighted by molar-refractivity contribution is -0.134. The van der Waals surface area contributed by atoms with Crippen LogP contribution in [0.3, 0.4) is 0 Å². The summed E-state index contributed by atoms with van der Waals surface area (Å²) >= 11 is 0. The van der Waals surface area contributed by atoms with Crippen LogP contribution in [0.1, 0.15) is 32.3 Å². The maximum Gasteiger partial charge on any atom is 0.224 e. The molecule has 0 bridgehead atoms. The Labute approximate surface area is 137 Å². The third-order valence-electron chi connectivity index (χ3n) is 4.45. The molecule has 2 rings (SSSR count). The third-order valence-corrected chi connectivity index (χ3v) is 4.45. The molecule has 128 valence electrons. The molecular formula is C18H26F2N2O. The van der Waals surface area contributed by atoms with Crippen molar-refractivity contribution >= 4 is 5.91 Å². The van der Waals surface area contributed by atoms with E-state index in [9.17, 15) is 13.6 Å². The maximum atomic E-state index is 13.1. The van der Waals surface area contributed by atoms with Crippen LogP contribution in [-0.4, -0.2) is 48.1 Å². The van der Waals surface area contributed by atoms with Gasteiger partial charge in [0.1, 0.15) is 5.82 Å². The van der Waals surface area contributed by atoms with E-state index >= 15 is 0 Å². The highest BCUT2D eigenvalue weighted by Crippen LogP contribution is 2.21. The predicted octanol–water partition coefficient (Wildman–Crippen LogP) is 3.24. The Morgan fingerprint density at radius 1 is 1.26 bits per heavy atom. The minimum Gasteiger partial charge on any atom is -0.334 e. The number of amides is 1. The lowest BCUT2D eigenvalue weighted by Gasteiger charge is -2.34. The van der Waals surface area contributed by atoms with E-state index in [1.54, 1.807) is 12.1 Å². The van der Waals surface area contributed by atoms with Crippen LogP contribution in [0.25, 0.3) is 0 Å². The van der Waals surface area contributed by atoms with Crippen molar-refractivity contribution in [1.82, 2.24) is 9.80 Å². The zero-order valence-electron chi connectivity index (χ0n) is 14.0. The van der Waals surface area contributed by atoms with Gasteiger partial charge >= 0.3 is 0 Å². The van der Waals surface area contributed by atoms with E-state index in [0.29, 0.717) is 38.4 Å². The van der Waals surface area contributed by atoms with Crippen LogP contribution in [0.2, 0.25) is 0 Å². The van der Waals surface area contributed by atoms with Gasteiger partial charge in [0, 0.05) is 38.6 Å². The number of halogens is 2. The van der Waals surface area contributed by atoms with Crippen molar-refractivity contribution in [3.8, 4) is 0 Å². The van der Waals surface area contributed by atoms with Crippen molar-refractivity contribution < 1.29 is 13.6 Å². The van der Waals surface area contributed by atoms with Crippen LogP contribution >= 0.6 is 0 Å². The van der Waals surface area contributed by atoms with E-state index < -0.39 is 0 Å². The summed E-state index contributed by atoms with van der Waals surface area (Å²) < 4.78 is 25.5. The van der Waals surface area contributed by atoms with E-state index in [1.165, 1.54) is 12.1 Å². The van der Waals surface area contributed by atoms with Gasteiger partial charge in [-0.3, -0.25) is 9.18 Å². The highest BCUT2D eigenvalue weighted by atomic mass is 19.1. The molecule has 0 spiro atoms. The third kappa shape index (κ3) is 4.99. The van der Waals surface area contributed by atoms with Crippen LogP contribution < -0.4 is 0 Å². The molecule has 1 fully saturated rings. The summed E-state index contributed by atoms with van der Waals surface area (Å²) in [5.41, 5.74) is 0.933. The largest absolute Gasteiger partial charge is 0.334 e. The Morgan fingerprint density at radius 3 is 2.57 bits per heavy atom. The van der Waals surface area contributed by atoms with Crippen LogP contribution in [-0.2, 0) is 11.3 Å². The van der Waals surface area contributed by atoms with Crippen molar-refractivity contribution in [2.24, 2.45) is 5.92 Å². The number of benzene rings is 1. The monoisotopic (exact) mass is 324 g/mol. The van der Waals surface area contributed by atoms with Crippen LogP contribution in [0.15, 0.2) is 24.3 Å². The number of carbonyl (C=O) groups is 1. The molecule has 23 heavy (non-hydrogen) atoms. The van der Waals surface area contributed by atoms with Crippen molar-refractivity contribution in [3.63, 3.8) is 0 Å². The molecule has 0 aromatic heterocycles. The van der Waals surface area contributed by atoms with Gasteiger partial charge < -0.3 is 9.80 Å². The summed E-state index contributed by atoms with van der Waals surface area (Å²) in [6, 6.07) is 6.40. The van der Waals surface area contributed by atoms with Gasteiger partial charge in [-0.05, 0) is 30.0 Å². The van der Waals surface area contributed by atoms with Gasteiger partial charge in [0.05, 0.1) is 6.67 Å². The average Bonchev–Trinajstić information content (AvgIpc) is 2.68. The molecule has 0 aliphatic carbocycles. The lowest BCUT2D eigenvalue weighted by atomic mass is 10.0. The van der Waals surface area contributed by atoms with Gasteiger partial charge in [-0.25, -0.2) is 4.39 Å². The molecule has 1 aromatic carbocycles. The molecule has 1 aliphatic heterocycles. The molecule has 0 N–H and O–H groups in total. The summed E-state index contributed by atoms with van der Waals surface area (Å²) in [5.74, 6) is 0.162. The van der Waals surface area contributed by atoms with E-state index in [4.69, 9.17) is 0 Å². The molecule has 1 aromatic rings. The average molecular weight is 324 g/mol. The molecule has 1 aliphatic rings. The van der Waals surface area contributed by atoms with E-state index in [1.807, 2.05) is 4.90 Å². The van der Waals surface area contributed by atoms with Crippen molar-refractivity contribution in [2.45, 2.75) is 39.3 Å². The van der Waals surface area contributed by atoms with Gasteiger partial charge in [0.25, 0.3) is 0 Å². The highest BCUT2D eigenvalue weighted by molar-refractivity contribution is 5.77. The van der Waals surface area contributed by atoms with E-state index in [2.05, 4.69) is 18.7 Å². The molecule has 1 heterocycles. The SMILES string of the molecule is CC(C)C1CN(CCCF)CCC(=O)N1Cc1ccc(F)cc1. The zero-order valence-corrected chi connectivity index (χ0v) is 14.0. The molecule has 1 amide bonds. The first-order chi connectivity index (χ1) is 11.0. The first kappa shape index (κ1) is 17.9. The second-order valence-corrected chi connectivity index (χ2v) is 6.55. The first-order valence-electron chi connectivity index (χ1n) is 8.33. The summed E-state index contributed by atoms with van der Waals surface area (Å²) in [4.78, 5) is 16.7. The summed E-state index contributed by atoms with van der Waals surface area (Å²) in [6.07, 6.45) is 0.966. The normalized spacial score (nSPS) is 20.1. The molecule has 1 saturated heterocycles. The standard InChI is InChI=1S/C18H26F2N2O/c1-14(2)17-13-21(10-3-9-19)11-8-18(23)22(17)12-15-4-6-16(20)7-5-15/h4-7,14,17H,3,8-13H2,1-2H3. The number of hydrogen-bond donors (Lipinski definition) is 0. The second-order valence-electron chi connectivity index (χ2n) is 6.55. The number of hydrogen-bond acceptors (Lipinski definition) is 2. The minimum atomic E-state index is -0.323. The topological polar surface area (TPSA) is 23.6 Å². The zero-order chi connectivity index (χ0) is 16.8. The van der Waals surface area contributed by atoms with Gasteiger partial charge in [0.15, 0.2) is 0 Å². The molecule has 3 nitrogen and oxygen atoms in total. The Morgan fingerprint density at radius 2 is 1.96 bits per heavy atom. The lowest BCUT2D eigenvalue weighted by Crippen LogP contribution is -2.46. The summed E-state index contributed by atoms with van der Waals surface area (Å²) in [7, 11) is 0. The van der Waals surface area contributed by atoms with Gasteiger partial charge in [-0.2, -0.15) is 0 Å². The van der Waals surface area contributed by atoms with Crippen molar-refractivity contribution in [1.29, 1.82) is 0 Å². The molecule has 0 radical (unpaired) electrons. The fraction of sp³-hybridized carbons (Fsp3) is 0.611. The van der Waals surface area contributed by atoms with Crippen molar-refractivity contribution in [3.05, 3.63) is 35.6 Å². The first-order valence-corrected chi connectivity index (χ1v) is 8.33. The molecular weight excluding hydrogens is 298 g/mol. The Balaban J connectivity index is 2.13. The smallest absolute Gasteiger partial charge is 0.224 e. The number of rotatable bonds is 6. The quantitative estimate of drug-likeness (QED) is 0.802. The van der Waals surface area contributed by atoms with E-state index in [-0.39, 0.29) is 24.4 Å². The minimum absolute atomic E-state index is 0.0923. The fourth-order valence-corrected chi connectivity index (χ4v) is 3.09. The predicted molar refractivity (Wildman–Crippen MR) is 87.2 cm³/mol. The van der Waals surface area contributed by atoms with Gasteiger partial charge in [-0.1, -0.05) is 26.0 Å².